The van der Waals surface area contributed by atoms with Crippen molar-refractivity contribution in [2.45, 2.75) is 19.9 Å². The van der Waals surface area contributed by atoms with Gasteiger partial charge in [0.15, 0.2) is 11.4 Å². The molecule has 2 N–H and O–H groups in total. The molecule has 2 aromatic heterocycles. The third-order valence-corrected chi connectivity index (χ3v) is 3.48. The zero-order chi connectivity index (χ0) is 14.1. The molecule has 0 aliphatic carbocycles. The number of fused-ring (bicyclic) bond motifs is 3. The number of rotatable bonds is 4. The number of nitrogens with one attached hydrogen (secondary N) is 1. The SMILES string of the molecule is CC(C)[C@@H](CO)Nc1ncnc2c1oc1ccccc12. The highest BCUT2D eigenvalue weighted by atomic mass is 16.3. The van der Waals surface area contributed by atoms with Crippen LogP contribution in [-0.2, 0) is 0 Å². The van der Waals surface area contributed by atoms with Gasteiger partial charge in [-0.2, -0.15) is 0 Å². The van der Waals surface area contributed by atoms with E-state index in [1.807, 2.05) is 38.1 Å². The molecule has 5 heteroatoms. The Morgan fingerprint density at radius 3 is 2.80 bits per heavy atom. The predicted molar refractivity (Wildman–Crippen MR) is 78.6 cm³/mol. The van der Waals surface area contributed by atoms with Gasteiger partial charge in [-0.05, 0) is 18.1 Å². The van der Waals surface area contributed by atoms with Gasteiger partial charge in [0.05, 0.1) is 12.6 Å². The van der Waals surface area contributed by atoms with Gasteiger partial charge >= 0.3 is 0 Å². The molecule has 0 fully saturated rings. The molecule has 1 atom stereocenters. The number of hydrogen-bond acceptors (Lipinski definition) is 5. The Labute approximate surface area is 116 Å². The van der Waals surface area contributed by atoms with Crippen molar-refractivity contribution in [3.05, 3.63) is 30.6 Å². The second-order valence-corrected chi connectivity index (χ2v) is 5.18. The number of benzene rings is 1. The highest BCUT2D eigenvalue weighted by Gasteiger charge is 2.17. The summed E-state index contributed by atoms with van der Waals surface area (Å²) < 4.78 is 5.84. The van der Waals surface area contributed by atoms with Crippen molar-refractivity contribution in [3.63, 3.8) is 0 Å². The molecule has 0 amide bonds. The van der Waals surface area contributed by atoms with Crippen molar-refractivity contribution in [1.29, 1.82) is 0 Å². The van der Waals surface area contributed by atoms with Gasteiger partial charge in [0, 0.05) is 5.39 Å². The Morgan fingerprint density at radius 1 is 1.25 bits per heavy atom. The van der Waals surface area contributed by atoms with Crippen LogP contribution in [0.1, 0.15) is 13.8 Å². The minimum atomic E-state index is -0.0682. The van der Waals surface area contributed by atoms with Crippen LogP contribution in [0.15, 0.2) is 35.0 Å². The summed E-state index contributed by atoms with van der Waals surface area (Å²) in [5, 5.41) is 13.6. The van der Waals surface area contributed by atoms with Crippen molar-refractivity contribution < 1.29 is 9.52 Å². The number of aliphatic hydroxyl groups excluding tert-OH is 1. The Bertz CT molecular complexity index is 736. The molecule has 3 rings (SSSR count). The number of hydrogen-bond donors (Lipinski definition) is 2. The molecular weight excluding hydrogens is 254 g/mol. The highest BCUT2D eigenvalue weighted by Crippen LogP contribution is 2.30. The van der Waals surface area contributed by atoms with Crippen LogP contribution in [0.2, 0.25) is 0 Å². The van der Waals surface area contributed by atoms with Gasteiger partial charge in [0.2, 0.25) is 0 Å². The lowest BCUT2D eigenvalue weighted by molar-refractivity contribution is 0.249. The zero-order valence-corrected chi connectivity index (χ0v) is 11.5. The first-order valence-electron chi connectivity index (χ1n) is 6.70. The van der Waals surface area contributed by atoms with Crippen molar-refractivity contribution in [2.75, 3.05) is 11.9 Å². The highest BCUT2D eigenvalue weighted by molar-refractivity contribution is 6.05. The van der Waals surface area contributed by atoms with Crippen LogP contribution in [0, 0.1) is 5.92 Å². The molecule has 0 radical (unpaired) electrons. The van der Waals surface area contributed by atoms with Crippen molar-refractivity contribution in [2.24, 2.45) is 5.92 Å². The van der Waals surface area contributed by atoms with Gasteiger partial charge < -0.3 is 14.8 Å². The van der Waals surface area contributed by atoms with Gasteiger partial charge in [-0.25, -0.2) is 9.97 Å². The Balaban J connectivity index is 2.12. The largest absolute Gasteiger partial charge is 0.450 e. The third kappa shape index (κ3) is 2.10. The van der Waals surface area contributed by atoms with Crippen molar-refractivity contribution in [1.82, 2.24) is 9.97 Å². The molecule has 0 saturated carbocycles. The standard InChI is InChI=1S/C15H17N3O2/c1-9(2)11(7-19)18-15-14-13(16-8-17-15)10-5-3-4-6-12(10)20-14/h3-6,8-9,11,19H,7H2,1-2H3,(H,16,17,18)/t11-/m1/s1. The molecule has 5 nitrogen and oxygen atoms in total. The number of para-hydroxylation sites is 1. The fourth-order valence-electron chi connectivity index (χ4n) is 2.23. The van der Waals surface area contributed by atoms with Crippen LogP contribution in [0.5, 0.6) is 0 Å². The topological polar surface area (TPSA) is 71.2 Å². The molecule has 0 aliphatic rings. The van der Waals surface area contributed by atoms with E-state index in [4.69, 9.17) is 4.42 Å². The molecule has 3 aromatic rings. The first kappa shape index (κ1) is 12.9. The summed E-state index contributed by atoms with van der Waals surface area (Å²) in [7, 11) is 0. The van der Waals surface area contributed by atoms with Gasteiger partial charge in [0.25, 0.3) is 0 Å². The maximum Gasteiger partial charge on any atom is 0.196 e. The van der Waals surface area contributed by atoms with Gasteiger partial charge in [-0.3, -0.25) is 0 Å². The van der Waals surface area contributed by atoms with E-state index in [9.17, 15) is 5.11 Å². The first-order chi connectivity index (χ1) is 9.70. The summed E-state index contributed by atoms with van der Waals surface area (Å²) in [5.41, 5.74) is 2.21. The second-order valence-electron chi connectivity index (χ2n) is 5.18. The summed E-state index contributed by atoms with van der Waals surface area (Å²) in [6.07, 6.45) is 1.52. The minimum Gasteiger partial charge on any atom is -0.450 e. The van der Waals surface area contributed by atoms with Crippen molar-refractivity contribution in [3.8, 4) is 0 Å². The summed E-state index contributed by atoms with van der Waals surface area (Å²) in [5.74, 6) is 0.911. The third-order valence-electron chi connectivity index (χ3n) is 3.48. The van der Waals surface area contributed by atoms with E-state index in [1.54, 1.807) is 0 Å². The molecular formula is C15H17N3O2. The zero-order valence-electron chi connectivity index (χ0n) is 11.5. The quantitative estimate of drug-likeness (QED) is 0.763. The summed E-state index contributed by atoms with van der Waals surface area (Å²) in [6.45, 7) is 4.14. The van der Waals surface area contributed by atoms with E-state index in [0.717, 1.165) is 16.5 Å². The van der Waals surface area contributed by atoms with Crippen LogP contribution >= 0.6 is 0 Å². The van der Waals surface area contributed by atoms with Gasteiger partial charge in [-0.15, -0.1) is 0 Å². The fraction of sp³-hybridized carbons (Fsp3) is 0.333. The molecule has 0 aliphatic heterocycles. The smallest absolute Gasteiger partial charge is 0.196 e. The van der Waals surface area contributed by atoms with E-state index in [1.165, 1.54) is 6.33 Å². The van der Waals surface area contributed by atoms with E-state index in [0.29, 0.717) is 11.4 Å². The average molecular weight is 271 g/mol. The molecule has 20 heavy (non-hydrogen) atoms. The first-order valence-corrected chi connectivity index (χ1v) is 6.70. The average Bonchev–Trinajstić information content (AvgIpc) is 2.84. The summed E-state index contributed by atoms with van der Waals surface area (Å²) >= 11 is 0. The van der Waals surface area contributed by atoms with E-state index in [-0.39, 0.29) is 18.6 Å². The van der Waals surface area contributed by atoms with Crippen LogP contribution in [0.3, 0.4) is 0 Å². The van der Waals surface area contributed by atoms with E-state index in [2.05, 4.69) is 15.3 Å². The van der Waals surface area contributed by atoms with E-state index >= 15 is 0 Å². The maximum atomic E-state index is 9.43. The number of nitrogens with zero attached hydrogens (tertiary/aromatic N) is 2. The summed E-state index contributed by atoms with van der Waals surface area (Å²) in [6, 6.07) is 7.70. The fourth-order valence-corrected chi connectivity index (χ4v) is 2.23. The second kappa shape index (κ2) is 5.09. The predicted octanol–water partition coefficient (Wildman–Crippen LogP) is 2.80. The molecule has 0 spiro atoms. The monoisotopic (exact) mass is 271 g/mol. The number of furan rings is 1. The molecule has 0 unspecified atom stereocenters. The van der Waals surface area contributed by atoms with Crippen molar-refractivity contribution >= 4 is 27.9 Å². The lowest BCUT2D eigenvalue weighted by atomic mass is 10.1. The Morgan fingerprint density at radius 2 is 2.05 bits per heavy atom. The lowest BCUT2D eigenvalue weighted by Crippen LogP contribution is -2.29. The molecule has 1 aromatic carbocycles. The molecule has 0 saturated heterocycles. The van der Waals surface area contributed by atoms with Crippen LogP contribution in [-0.4, -0.2) is 27.7 Å². The van der Waals surface area contributed by atoms with Crippen LogP contribution in [0.4, 0.5) is 5.82 Å². The maximum absolute atomic E-state index is 9.43. The molecule has 0 bridgehead atoms. The molecule has 2 heterocycles. The minimum absolute atomic E-state index is 0.0450. The van der Waals surface area contributed by atoms with Crippen LogP contribution in [0.25, 0.3) is 22.1 Å². The number of anilines is 1. The Hall–Kier alpha value is -2.14. The summed E-state index contributed by atoms with van der Waals surface area (Å²) in [4.78, 5) is 8.55. The van der Waals surface area contributed by atoms with E-state index < -0.39 is 0 Å². The van der Waals surface area contributed by atoms with Gasteiger partial charge in [-0.1, -0.05) is 26.0 Å². The van der Waals surface area contributed by atoms with Crippen LogP contribution < -0.4 is 5.32 Å². The number of aromatic nitrogens is 2. The Kier molecular flexibility index (Phi) is 3.28. The number of aliphatic hydroxyl groups is 1. The normalized spacial score (nSPS) is 13.2. The van der Waals surface area contributed by atoms with Gasteiger partial charge in [0.1, 0.15) is 17.4 Å². The molecule has 104 valence electrons. The lowest BCUT2D eigenvalue weighted by Gasteiger charge is -2.20.